The Morgan fingerprint density at radius 3 is 2.29 bits per heavy atom. The Kier molecular flexibility index (Phi) is 11.9. The van der Waals surface area contributed by atoms with E-state index in [0.29, 0.717) is 5.56 Å². The second kappa shape index (κ2) is 14.1. The van der Waals surface area contributed by atoms with E-state index in [9.17, 15) is 24.0 Å². The van der Waals surface area contributed by atoms with Crippen LogP contribution in [-0.2, 0) is 23.9 Å². The zero-order valence-electron chi connectivity index (χ0n) is 21.0. The van der Waals surface area contributed by atoms with Gasteiger partial charge in [-0.1, -0.05) is 26.8 Å². The number of Topliss-reactive ketones (excluding diaryl/α,β-unsaturated/α-hetero) is 1. The van der Waals surface area contributed by atoms with E-state index in [-0.39, 0.29) is 68.0 Å². The van der Waals surface area contributed by atoms with Gasteiger partial charge >= 0.3 is 24.0 Å². The normalized spacial score (nSPS) is 11.8. The topological polar surface area (TPSA) is 145 Å². The van der Waals surface area contributed by atoms with Crippen molar-refractivity contribution in [1.82, 2.24) is 5.32 Å². The van der Waals surface area contributed by atoms with Gasteiger partial charge in [0.15, 0.2) is 5.78 Å². The van der Waals surface area contributed by atoms with E-state index in [1.54, 1.807) is 12.1 Å². The van der Waals surface area contributed by atoms with Gasteiger partial charge in [-0.2, -0.15) is 0 Å². The summed E-state index contributed by atoms with van der Waals surface area (Å²) in [6, 6.07) is 4.64. The standard InChI is InChI=1S/C25H35NO9/c1-16(27)20-13-18(8-10-21(20)35-23(31)7-6-12-33-17(2)28)19(9-11-22(29)30)14-26-24(32)34-15-25(3,4)5/h8,10,13,19H,6-7,9,11-12,14-15H2,1-5H3,(H,26,32)(H,29,30). The Morgan fingerprint density at radius 1 is 1.03 bits per heavy atom. The second-order valence-corrected chi connectivity index (χ2v) is 9.38. The first-order chi connectivity index (χ1) is 16.3. The lowest BCUT2D eigenvalue weighted by atomic mass is 9.92. The first kappa shape index (κ1) is 29.6. The number of amides is 1. The molecule has 10 nitrogen and oxygen atoms in total. The van der Waals surface area contributed by atoms with Gasteiger partial charge in [0, 0.05) is 32.2 Å². The van der Waals surface area contributed by atoms with Gasteiger partial charge in [-0.25, -0.2) is 4.79 Å². The van der Waals surface area contributed by atoms with Crippen LogP contribution in [0.3, 0.4) is 0 Å². The van der Waals surface area contributed by atoms with Crippen molar-refractivity contribution in [3.05, 3.63) is 29.3 Å². The Bertz CT molecular complexity index is 918. The molecule has 0 saturated carbocycles. The third-order valence-electron chi connectivity index (χ3n) is 4.74. The van der Waals surface area contributed by atoms with Gasteiger partial charge in [-0.15, -0.1) is 0 Å². The maximum Gasteiger partial charge on any atom is 0.407 e. The molecule has 0 radical (unpaired) electrons. The van der Waals surface area contributed by atoms with Crippen molar-refractivity contribution >= 4 is 29.8 Å². The van der Waals surface area contributed by atoms with Crippen LogP contribution >= 0.6 is 0 Å². The molecule has 1 aromatic carbocycles. The minimum Gasteiger partial charge on any atom is -0.481 e. The van der Waals surface area contributed by atoms with Gasteiger partial charge in [0.2, 0.25) is 0 Å². The predicted molar refractivity (Wildman–Crippen MR) is 126 cm³/mol. The molecule has 0 aliphatic heterocycles. The number of esters is 2. The number of carboxylic acids is 1. The highest BCUT2D eigenvalue weighted by Gasteiger charge is 2.20. The monoisotopic (exact) mass is 493 g/mol. The number of carbonyl (C=O) groups is 5. The first-order valence-electron chi connectivity index (χ1n) is 11.4. The van der Waals surface area contributed by atoms with E-state index in [2.05, 4.69) is 5.32 Å². The molecule has 10 heteroatoms. The molecule has 1 unspecified atom stereocenters. The number of nitrogens with one attached hydrogen (secondary N) is 1. The maximum atomic E-state index is 12.2. The lowest BCUT2D eigenvalue weighted by Crippen LogP contribution is -2.31. The number of ketones is 1. The van der Waals surface area contributed by atoms with Crippen LogP contribution < -0.4 is 10.1 Å². The summed E-state index contributed by atoms with van der Waals surface area (Å²) in [7, 11) is 0. The predicted octanol–water partition coefficient (Wildman–Crippen LogP) is 3.86. The smallest absolute Gasteiger partial charge is 0.407 e. The zero-order valence-corrected chi connectivity index (χ0v) is 21.0. The fraction of sp³-hybridized carbons (Fsp3) is 0.560. The zero-order chi connectivity index (χ0) is 26.6. The number of carbonyl (C=O) groups excluding carboxylic acids is 4. The number of benzene rings is 1. The van der Waals surface area contributed by atoms with Crippen molar-refractivity contribution in [2.24, 2.45) is 5.41 Å². The minimum atomic E-state index is -0.989. The summed E-state index contributed by atoms with van der Waals surface area (Å²) >= 11 is 0. The van der Waals surface area contributed by atoms with E-state index in [0.717, 1.165) is 0 Å². The van der Waals surface area contributed by atoms with Gasteiger partial charge in [-0.3, -0.25) is 19.2 Å². The molecule has 0 aromatic heterocycles. The molecule has 0 aliphatic rings. The number of aliphatic carboxylic acids is 1. The van der Waals surface area contributed by atoms with Crippen molar-refractivity contribution in [3.63, 3.8) is 0 Å². The van der Waals surface area contributed by atoms with Crippen LogP contribution in [-0.4, -0.2) is 54.6 Å². The Balaban J connectivity index is 2.94. The molecule has 0 heterocycles. The molecule has 0 bridgehead atoms. The Hall–Kier alpha value is -3.43. The third kappa shape index (κ3) is 12.6. The molecular weight excluding hydrogens is 458 g/mol. The van der Waals surface area contributed by atoms with Crippen molar-refractivity contribution < 1.29 is 43.3 Å². The number of ether oxygens (including phenoxy) is 3. The SMILES string of the molecule is CC(=O)OCCCC(=O)Oc1ccc(C(CCC(=O)O)CNC(=O)OCC(C)(C)C)cc1C(C)=O. The second-order valence-electron chi connectivity index (χ2n) is 9.38. The molecular formula is C25H35NO9. The van der Waals surface area contributed by atoms with Gasteiger partial charge in [0.1, 0.15) is 5.75 Å². The van der Waals surface area contributed by atoms with E-state index < -0.39 is 29.9 Å². The summed E-state index contributed by atoms with van der Waals surface area (Å²) in [6.07, 6.45) is -0.278. The molecule has 0 spiro atoms. The number of alkyl carbamates (subject to hydrolysis) is 1. The van der Waals surface area contributed by atoms with Crippen LogP contribution in [0.1, 0.15) is 82.1 Å². The van der Waals surface area contributed by atoms with Gasteiger partial charge in [0.25, 0.3) is 0 Å². The van der Waals surface area contributed by atoms with Crippen LogP contribution in [0.2, 0.25) is 0 Å². The molecule has 0 aliphatic carbocycles. The lowest BCUT2D eigenvalue weighted by Gasteiger charge is -2.21. The van der Waals surface area contributed by atoms with Crippen molar-refractivity contribution in [1.29, 1.82) is 0 Å². The summed E-state index contributed by atoms with van der Waals surface area (Å²) in [5.41, 5.74) is 0.568. The fourth-order valence-electron chi connectivity index (χ4n) is 3.00. The average molecular weight is 494 g/mol. The Morgan fingerprint density at radius 2 is 1.71 bits per heavy atom. The van der Waals surface area contributed by atoms with Crippen molar-refractivity contribution in [3.8, 4) is 5.75 Å². The molecule has 1 rings (SSSR count). The average Bonchev–Trinajstić information content (AvgIpc) is 2.74. The van der Waals surface area contributed by atoms with Crippen molar-refractivity contribution in [2.75, 3.05) is 19.8 Å². The molecule has 2 N–H and O–H groups in total. The van der Waals surface area contributed by atoms with Crippen molar-refractivity contribution in [2.45, 2.75) is 66.2 Å². The van der Waals surface area contributed by atoms with E-state index in [4.69, 9.17) is 19.3 Å². The van der Waals surface area contributed by atoms with E-state index >= 15 is 0 Å². The number of hydrogen-bond acceptors (Lipinski definition) is 8. The molecule has 1 amide bonds. The Labute approximate surface area is 205 Å². The highest BCUT2D eigenvalue weighted by molar-refractivity contribution is 5.97. The largest absolute Gasteiger partial charge is 0.481 e. The highest BCUT2D eigenvalue weighted by Crippen LogP contribution is 2.28. The van der Waals surface area contributed by atoms with Crippen LogP contribution in [0.4, 0.5) is 4.79 Å². The number of rotatable bonds is 13. The summed E-state index contributed by atoms with van der Waals surface area (Å²) in [4.78, 5) is 58.4. The molecule has 0 saturated heterocycles. The van der Waals surface area contributed by atoms with E-state index in [1.165, 1.54) is 19.9 Å². The fourth-order valence-corrected chi connectivity index (χ4v) is 3.00. The van der Waals surface area contributed by atoms with Crippen LogP contribution in [0.5, 0.6) is 5.75 Å². The quantitative estimate of drug-likeness (QED) is 0.181. The summed E-state index contributed by atoms with van der Waals surface area (Å²) < 4.78 is 15.3. The maximum absolute atomic E-state index is 12.2. The van der Waals surface area contributed by atoms with Crippen LogP contribution in [0.15, 0.2) is 18.2 Å². The number of carboxylic acid groups (broad SMARTS) is 1. The van der Waals surface area contributed by atoms with Gasteiger partial charge < -0.3 is 24.6 Å². The lowest BCUT2D eigenvalue weighted by molar-refractivity contribution is -0.142. The van der Waals surface area contributed by atoms with Gasteiger partial charge in [0.05, 0.1) is 18.8 Å². The number of hydrogen-bond donors (Lipinski definition) is 2. The first-order valence-corrected chi connectivity index (χ1v) is 11.4. The molecule has 1 aromatic rings. The summed E-state index contributed by atoms with van der Waals surface area (Å²) in [6.45, 7) is 8.77. The minimum absolute atomic E-state index is 0.00574. The molecule has 194 valence electrons. The van der Waals surface area contributed by atoms with Crippen LogP contribution in [0.25, 0.3) is 0 Å². The molecule has 1 atom stereocenters. The van der Waals surface area contributed by atoms with Gasteiger partial charge in [-0.05, 0) is 42.9 Å². The molecule has 35 heavy (non-hydrogen) atoms. The summed E-state index contributed by atoms with van der Waals surface area (Å²) in [5.74, 6) is -2.70. The van der Waals surface area contributed by atoms with E-state index in [1.807, 2.05) is 20.8 Å². The van der Waals surface area contributed by atoms with Crippen LogP contribution in [0, 0.1) is 5.41 Å². The summed E-state index contributed by atoms with van der Waals surface area (Å²) in [5, 5.41) is 11.8. The highest BCUT2D eigenvalue weighted by atomic mass is 16.6. The molecule has 0 fully saturated rings. The third-order valence-corrected chi connectivity index (χ3v) is 4.74.